The maximum absolute atomic E-state index is 4.29. The Bertz CT molecular complexity index is 703. The van der Waals surface area contributed by atoms with Gasteiger partial charge in [0.2, 0.25) is 0 Å². The highest BCUT2D eigenvalue weighted by molar-refractivity contribution is 7.79. The lowest BCUT2D eigenvalue weighted by atomic mass is 10.1. The van der Waals surface area contributed by atoms with Crippen molar-refractivity contribution in [1.82, 2.24) is 15.0 Å². The minimum absolute atomic E-state index is 0.749. The van der Waals surface area contributed by atoms with Crippen molar-refractivity contribution in [1.29, 1.82) is 0 Å². The fourth-order valence-electron chi connectivity index (χ4n) is 2.10. The molecule has 0 aliphatic carbocycles. The summed E-state index contributed by atoms with van der Waals surface area (Å²) in [6, 6.07) is 14.3. The number of benzene rings is 2. The van der Waals surface area contributed by atoms with Gasteiger partial charge in [-0.2, -0.15) is 12.6 Å². The number of rotatable bonds is 2. The lowest BCUT2D eigenvalue weighted by Crippen LogP contribution is -1.99. The molecule has 0 aliphatic heterocycles. The first kappa shape index (κ1) is 11.3. The largest absolute Gasteiger partial charge is 0.213 e. The molecule has 2 aromatic carbocycles. The monoisotopic (exact) mass is 255 g/mol. The number of hydrogen-bond donors (Lipinski definition) is 1. The van der Waals surface area contributed by atoms with Crippen LogP contribution in [0.15, 0.2) is 42.5 Å². The summed E-state index contributed by atoms with van der Waals surface area (Å²) in [5.74, 6) is 0.749. The van der Waals surface area contributed by atoms with E-state index in [9.17, 15) is 0 Å². The molecule has 4 heteroatoms. The van der Waals surface area contributed by atoms with Gasteiger partial charge in [0.15, 0.2) is 0 Å². The van der Waals surface area contributed by atoms with E-state index in [1.807, 2.05) is 28.9 Å². The summed E-state index contributed by atoms with van der Waals surface area (Å²) >= 11 is 4.29. The Hall–Kier alpha value is -1.81. The molecule has 0 saturated heterocycles. The number of aryl methyl sites for hydroxylation is 1. The van der Waals surface area contributed by atoms with E-state index in [2.05, 4.69) is 48.1 Å². The Balaban J connectivity index is 2.20. The zero-order chi connectivity index (χ0) is 12.5. The van der Waals surface area contributed by atoms with Gasteiger partial charge in [0.05, 0.1) is 11.2 Å². The van der Waals surface area contributed by atoms with E-state index in [0.29, 0.717) is 0 Å². The molecular formula is C14H13N3S. The summed E-state index contributed by atoms with van der Waals surface area (Å²) in [5.41, 5.74) is 5.39. The van der Waals surface area contributed by atoms with Gasteiger partial charge in [-0.05, 0) is 36.2 Å². The van der Waals surface area contributed by atoms with Crippen LogP contribution in [0, 0.1) is 6.92 Å². The SMILES string of the molecule is Cc1cc(CS)ccc1-n1nnc2ccccc21. The smallest absolute Gasteiger partial charge is 0.113 e. The molecule has 0 fully saturated rings. The Labute approximate surface area is 111 Å². The van der Waals surface area contributed by atoms with E-state index in [4.69, 9.17) is 0 Å². The highest BCUT2D eigenvalue weighted by atomic mass is 32.1. The summed E-state index contributed by atoms with van der Waals surface area (Å²) in [7, 11) is 0. The van der Waals surface area contributed by atoms with Gasteiger partial charge in [0.25, 0.3) is 0 Å². The first-order chi connectivity index (χ1) is 8.79. The van der Waals surface area contributed by atoms with Crippen LogP contribution in [0.25, 0.3) is 16.7 Å². The predicted octanol–water partition coefficient (Wildman–Crippen LogP) is 3.16. The van der Waals surface area contributed by atoms with Crippen LogP contribution < -0.4 is 0 Å². The number of nitrogens with zero attached hydrogens (tertiary/aromatic N) is 3. The lowest BCUT2D eigenvalue weighted by molar-refractivity contribution is 0.818. The second-order valence-corrected chi connectivity index (χ2v) is 4.59. The lowest BCUT2D eigenvalue weighted by Gasteiger charge is -2.07. The maximum atomic E-state index is 4.29. The third kappa shape index (κ3) is 1.78. The van der Waals surface area contributed by atoms with Crippen LogP contribution in [0.4, 0.5) is 0 Å². The van der Waals surface area contributed by atoms with E-state index >= 15 is 0 Å². The van der Waals surface area contributed by atoms with Crippen molar-refractivity contribution in [2.75, 3.05) is 0 Å². The van der Waals surface area contributed by atoms with Crippen molar-refractivity contribution >= 4 is 23.7 Å². The van der Waals surface area contributed by atoms with Crippen molar-refractivity contribution in [2.45, 2.75) is 12.7 Å². The van der Waals surface area contributed by atoms with Crippen LogP contribution in [0.1, 0.15) is 11.1 Å². The zero-order valence-corrected chi connectivity index (χ0v) is 10.9. The highest BCUT2D eigenvalue weighted by Gasteiger charge is 2.08. The standard InChI is InChI=1S/C14H13N3S/c1-10-8-11(9-18)6-7-13(10)17-14-5-3-2-4-12(14)15-16-17/h2-8,18H,9H2,1H3. The molecule has 0 atom stereocenters. The topological polar surface area (TPSA) is 30.7 Å². The number of thiol groups is 1. The summed E-state index contributed by atoms with van der Waals surface area (Å²) < 4.78 is 1.88. The van der Waals surface area contributed by atoms with Crippen molar-refractivity contribution in [3.05, 3.63) is 53.6 Å². The number of para-hydroxylation sites is 1. The van der Waals surface area contributed by atoms with E-state index in [0.717, 1.165) is 22.5 Å². The van der Waals surface area contributed by atoms with Gasteiger partial charge in [-0.25, -0.2) is 4.68 Å². The van der Waals surface area contributed by atoms with Gasteiger partial charge in [-0.15, -0.1) is 5.10 Å². The van der Waals surface area contributed by atoms with Crippen molar-refractivity contribution < 1.29 is 0 Å². The third-order valence-corrected chi connectivity index (χ3v) is 3.39. The molecule has 0 N–H and O–H groups in total. The van der Waals surface area contributed by atoms with Crippen LogP contribution in [-0.2, 0) is 5.75 Å². The number of hydrogen-bond acceptors (Lipinski definition) is 3. The molecule has 3 nitrogen and oxygen atoms in total. The van der Waals surface area contributed by atoms with Gasteiger partial charge in [0, 0.05) is 5.75 Å². The zero-order valence-electron chi connectivity index (χ0n) is 10.0. The molecule has 0 saturated carbocycles. The predicted molar refractivity (Wildman–Crippen MR) is 76.3 cm³/mol. The molecule has 90 valence electrons. The molecule has 1 heterocycles. The molecular weight excluding hydrogens is 242 g/mol. The van der Waals surface area contributed by atoms with Crippen LogP contribution >= 0.6 is 12.6 Å². The average molecular weight is 255 g/mol. The molecule has 0 unspecified atom stereocenters. The number of fused-ring (bicyclic) bond motifs is 1. The first-order valence-electron chi connectivity index (χ1n) is 5.81. The normalized spacial score (nSPS) is 11.0. The van der Waals surface area contributed by atoms with Crippen LogP contribution in [0.2, 0.25) is 0 Å². The second kappa shape index (κ2) is 4.46. The summed E-state index contributed by atoms with van der Waals surface area (Å²) in [6.07, 6.45) is 0. The van der Waals surface area contributed by atoms with Gasteiger partial charge in [-0.3, -0.25) is 0 Å². The second-order valence-electron chi connectivity index (χ2n) is 4.27. The van der Waals surface area contributed by atoms with Gasteiger partial charge in [0.1, 0.15) is 5.52 Å². The molecule has 0 aliphatic rings. The van der Waals surface area contributed by atoms with Crippen molar-refractivity contribution in [2.24, 2.45) is 0 Å². The van der Waals surface area contributed by atoms with E-state index in [-0.39, 0.29) is 0 Å². The van der Waals surface area contributed by atoms with E-state index < -0.39 is 0 Å². The highest BCUT2D eigenvalue weighted by Crippen LogP contribution is 2.20. The Morgan fingerprint density at radius 3 is 2.78 bits per heavy atom. The Morgan fingerprint density at radius 1 is 1.17 bits per heavy atom. The maximum Gasteiger partial charge on any atom is 0.113 e. The molecule has 3 rings (SSSR count). The van der Waals surface area contributed by atoms with E-state index in [1.54, 1.807) is 0 Å². The molecule has 1 aromatic heterocycles. The Kier molecular flexibility index (Phi) is 2.80. The van der Waals surface area contributed by atoms with Gasteiger partial charge >= 0.3 is 0 Å². The van der Waals surface area contributed by atoms with Gasteiger partial charge < -0.3 is 0 Å². The molecule has 0 spiro atoms. The first-order valence-corrected chi connectivity index (χ1v) is 6.44. The average Bonchev–Trinajstić information content (AvgIpc) is 2.82. The van der Waals surface area contributed by atoms with E-state index in [1.165, 1.54) is 11.1 Å². The van der Waals surface area contributed by atoms with Crippen LogP contribution in [0.5, 0.6) is 0 Å². The molecule has 3 aromatic rings. The quantitative estimate of drug-likeness (QED) is 0.713. The molecule has 0 radical (unpaired) electrons. The Morgan fingerprint density at radius 2 is 2.00 bits per heavy atom. The fraction of sp³-hybridized carbons (Fsp3) is 0.143. The molecule has 0 amide bonds. The third-order valence-electron chi connectivity index (χ3n) is 3.02. The molecule has 18 heavy (non-hydrogen) atoms. The summed E-state index contributed by atoms with van der Waals surface area (Å²) in [4.78, 5) is 0. The van der Waals surface area contributed by atoms with Crippen LogP contribution in [-0.4, -0.2) is 15.0 Å². The minimum Gasteiger partial charge on any atom is -0.213 e. The van der Waals surface area contributed by atoms with Crippen molar-refractivity contribution in [3.8, 4) is 5.69 Å². The minimum atomic E-state index is 0.749. The number of aromatic nitrogens is 3. The molecule has 0 bridgehead atoms. The van der Waals surface area contributed by atoms with Crippen molar-refractivity contribution in [3.63, 3.8) is 0 Å². The summed E-state index contributed by atoms with van der Waals surface area (Å²) in [5, 5.41) is 8.41. The fourth-order valence-corrected chi connectivity index (χ4v) is 2.30. The van der Waals surface area contributed by atoms with Crippen LogP contribution in [0.3, 0.4) is 0 Å². The summed E-state index contributed by atoms with van der Waals surface area (Å²) in [6.45, 7) is 2.08. The van der Waals surface area contributed by atoms with Gasteiger partial charge in [-0.1, -0.05) is 29.5 Å².